The lowest BCUT2D eigenvalue weighted by atomic mass is 9.60. The smallest absolute Gasteiger partial charge is 0.315 e. The Morgan fingerprint density at radius 1 is 1.42 bits per heavy atom. The van der Waals surface area contributed by atoms with Crippen molar-refractivity contribution in [2.24, 2.45) is 5.41 Å². The van der Waals surface area contributed by atoms with Crippen molar-refractivity contribution in [3.63, 3.8) is 0 Å². The summed E-state index contributed by atoms with van der Waals surface area (Å²) in [6.45, 7) is 5.19. The van der Waals surface area contributed by atoms with Crippen molar-refractivity contribution < 1.29 is 14.1 Å². The fourth-order valence-electron chi connectivity index (χ4n) is 4.18. The molecule has 0 bridgehead atoms. The summed E-state index contributed by atoms with van der Waals surface area (Å²) >= 11 is 0. The minimum atomic E-state index is -0.0806. The van der Waals surface area contributed by atoms with Gasteiger partial charge in [-0.15, -0.1) is 0 Å². The normalized spacial score (nSPS) is 24.8. The number of aryl methyl sites for hydroxylation is 2. The summed E-state index contributed by atoms with van der Waals surface area (Å²) in [7, 11) is 0. The fraction of sp³-hybridized carbons (Fsp3) is 0.824. The van der Waals surface area contributed by atoms with Gasteiger partial charge in [0.25, 0.3) is 0 Å². The first-order valence-electron chi connectivity index (χ1n) is 9.09. The molecule has 0 saturated heterocycles. The first kappa shape index (κ1) is 17.2. The number of aromatic nitrogens is 2. The Morgan fingerprint density at radius 3 is 2.88 bits per heavy atom. The predicted molar refractivity (Wildman–Crippen MR) is 88.6 cm³/mol. The van der Waals surface area contributed by atoms with Gasteiger partial charge in [0.05, 0.1) is 6.10 Å². The highest BCUT2D eigenvalue weighted by Gasteiger charge is 2.57. The molecule has 1 aromatic heterocycles. The van der Waals surface area contributed by atoms with Crippen LogP contribution in [-0.2, 0) is 11.2 Å². The number of amides is 2. The molecule has 134 valence electrons. The van der Waals surface area contributed by atoms with Crippen LogP contribution in [0.25, 0.3) is 0 Å². The van der Waals surface area contributed by atoms with E-state index in [1.807, 2.05) is 6.92 Å². The summed E-state index contributed by atoms with van der Waals surface area (Å²) < 4.78 is 10.9. The van der Waals surface area contributed by atoms with Gasteiger partial charge in [-0.25, -0.2) is 4.79 Å². The van der Waals surface area contributed by atoms with Crippen molar-refractivity contribution in [3.05, 3.63) is 11.7 Å². The van der Waals surface area contributed by atoms with Gasteiger partial charge in [0.1, 0.15) is 0 Å². The minimum Gasteiger partial charge on any atom is -0.378 e. The minimum absolute atomic E-state index is 0.0806. The molecule has 2 aliphatic rings. The third-order valence-corrected chi connectivity index (χ3v) is 5.42. The van der Waals surface area contributed by atoms with E-state index in [1.165, 1.54) is 25.7 Å². The van der Waals surface area contributed by atoms with Crippen LogP contribution in [0.5, 0.6) is 0 Å². The summed E-state index contributed by atoms with van der Waals surface area (Å²) in [5.74, 6) is 1.27. The number of ether oxygens (including phenoxy) is 1. The van der Waals surface area contributed by atoms with Gasteiger partial charge in [-0.1, -0.05) is 18.0 Å². The van der Waals surface area contributed by atoms with E-state index in [0.29, 0.717) is 30.8 Å². The zero-order chi connectivity index (χ0) is 17.0. The van der Waals surface area contributed by atoms with E-state index < -0.39 is 0 Å². The Bertz CT molecular complexity index is 554. The van der Waals surface area contributed by atoms with Crippen LogP contribution in [0.3, 0.4) is 0 Å². The van der Waals surface area contributed by atoms with Crippen molar-refractivity contribution >= 4 is 6.03 Å². The van der Waals surface area contributed by atoms with Crippen molar-refractivity contribution in [2.75, 3.05) is 13.2 Å². The van der Waals surface area contributed by atoms with Gasteiger partial charge >= 0.3 is 6.03 Å². The molecule has 2 amide bonds. The van der Waals surface area contributed by atoms with E-state index in [-0.39, 0.29) is 17.5 Å². The van der Waals surface area contributed by atoms with Crippen LogP contribution in [0, 0.1) is 12.3 Å². The number of hydrogen-bond donors (Lipinski definition) is 2. The summed E-state index contributed by atoms with van der Waals surface area (Å²) in [4.78, 5) is 16.3. The average Bonchev–Trinajstić information content (AvgIpc) is 3.21. The Kier molecular flexibility index (Phi) is 5.38. The fourth-order valence-corrected chi connectivity index (χ4v) is 4.18. The summed E-state index contributed by atoms with van der Waals surface area (Å²) in [6.07, 6.45) is 7.53. The molecule has 2 saturated carbocycles. The van der Waals surface area contributed by atoms with Crippen LogP contribution in [-0.4, -0.2) is 41.5 Å². The number of nitrogens with one attached hydrogen (secondary N) is 2. The second-order valence-corrected chi connectivity index (χ2v) is 6.91. The molecule has 7 nitrogen and oxygen atoms in total. The Hall–Kier alpha value is -1.63. The molecule has 7 heteroatoms. The summed E-state index contributed by atoms with van der Waals surface area (Å²) in [5.41, 5.74) is 0.175. The molecule has 0 radical (unpaired) electrons. The van der Waals surface area contributed by atoms with E-state index in [0.717, 1.165) is 19.4 Å². The summed E-state index contributed by atoms with van der Waals surface area (Å²) in [6, 6.07) is 0.165. The van der Waals surface area contributed by atoms with Gasteiger partial charge in [0, 0.05) is 31.0 Å². The summed E-state index contributed by atoms with van der Waals surface area (Å²) in [5, 5.41) is 9.84. The van der Waals surface area contributed by atoms with Crippen LogP contribution in [0.15, 0.2) is 4.52 Å². The van der Waals surface area contributed by atoms with E-state index in [4.69, 9.17) is 9.26 Å². The zero-order valence-corrected chi connectivity index (χ0v) is 14.6. The lowest BCUT2D eigenvalue weighted by Gasteiger charge is -2.53. The highest BCUT2D eigenvalue weighted by molar-refractivity contribution is 5.74. The SMILES string of the molecule is CCO[C@H]1C[C@H](NC(=O)NCCCc2nc(C)no2)C12CCCC2. The molecule has 0 unspecified atom stereocenters. The number of carbonyl (C=O) groups is 1. The van der Waals surface area contributed by atoms with Crippen LogP contribution in [0.1, 0.15) is 57.2 Å². The number of hydrogen-bond acceptors (Lipinski definition) is 5. The topological polar surface area (TPSA) is 89.3 Å². The molecule has 2 N–H and O–H groups in total. The Morgan fingerprint density at radius 2 is 2.21 bits per heavy atom. The van der Waals surface area contributed by atoms with Crippen LogP contribution in [0.2, 0.25) is 0 Å². The first-order chi connectivity index (χ1) is 11.6. The standard InChI is InChI=1S/C17H28N4O3/c1-3-23-14-11-13(17(14)8-4-5-9-17)20-16(22)18-10-6-7-15-19-12(2)21-24-15/h13-14H,3-11H2,1-2H3,(H2,18,20,22)/t13-,14-/m0/s1. The van der Waals surface area contributed by atoms with Gasteiger partial charge in [0.2, 0.25) is 5.89 Å². The van der Waals surface area contributed by atoms with Gasteiger partial charge in [-0.05, 0) is 39.5 Å². The zero-order valence-electron chi connectivity index (χ0n) is 14.6. The van der Waals surface area contributed by atoms with Crippen LogP contribution >= 0.6 is 0 Å². The second-order valence-electron chi connectivity index (χ2n) is 6.91. The van der Waals surface area contributed by atoms with Crippen molar-refractivity contribution in [2.45, 2.75) is 70.9 Å². The largest absolute Gasteiger partial charge is 0.378 e. The molecule has 2 fully saturated rings. The van der Waals surface area contributed by atoms with E-state index in [2.05, 4.69) is 20.8 Å². The highest BCUT2D eigenvalue weighted by atomic mass is 16.5. The molecule has 2 aliphatic carbocycles. The van der Waals surface area contributed by atoms with Crippen LogP contribution in [0.4, 0.5) is 4.79 Å². The predicted octanol–water partition coefficient (Wildman–Crippen LogP) is 2.35. The highest BCUT2D eigenvalue weighted by Crippen LogP contribution is 2.54. The van der Waals surface area contributed by atoms with Gasteiger partial charge in [0.15, 0.2) is 5.82 Å². The van der Waals surface area contributed by atoms with E-state index in [1.54, 1.807) is 6.92 Å². The molecule has 0 aromatic carbocycles. The third-order valence-electron chi connectivity index (χ3n) is 5.42. The molecule has 1 spiro atoms. The Labute approximate surface area is 142 Å². The average molecular weight is 336 g/mol. The third kappa shape index (κ3) is 3.55. The quantitative estimate of drug-likeness (QED) is 0.746. The van der Waals surface area contributed by atoms with Crippen molar-refractivity contribution in [1.29, 1.82) is 0 Å². The maximum atomic E-state index is 12.2. The lowest BCUT2D eigenvalue weighted by Crippen LogP contribution is -2.64. The number of nitrogens with zero attached hydrogens (tertiary/aromatic N) is 2. The van der Waals surface area contributed by atoms with E-state index in [9.17, 15) is 4.79 Å². The Balaban J connectivity index is 1.39. The van der Waals surface area contributed by atoms with Crippen molar-refractivity contribution in [1.82, 2.24) is 20.8 Å². The molecule has 3 rings (SSSR count). The molecule has 0 aliphatic heterocycles. The number of carbonyl (C=O) groups excluding carboxylic acids is 1. The molecule has 1 aromatic rings. The monoisotopic (exact) mass is 336 g/mol. The van der Waals surface area contributed by atoms with E-state index >= 15 is 0 Å². The van der Waals surface area contributed by atoms with Gasteiger partial charge < -0.3 is 19.9 Å². The lowest BCUT2D eigenvalue weighted by molar-refractivity contribution is -0.126. The van der Waals surface area contributed by atoms with Crippen molar-refractivity contribution in [3.8, 4) is 0 Å². The second kappa shape index (κ2) is 7.51. The van der Waals surface area contributed by atoms with Gasteiger partial charge in [-0.2, -0.15) is 4.98 Å². The molecule has 24 heavy (non-hydrogen) atoms. The number of urea groups is 1. The van der Waals surface area contributed by atoms with Crippen LogP contribution < -0.4 is 10.6 Å². The maximum absolute atomic E-state index is 12.2. The molecule has 1 heterocycles. The molecule has 2 atom stereocenters. The molecular formula is C17H28N4O3. The molecular weight excluding hydrogens is 308 g/mol. The first-order valence-corrected chi connectivity index (χ1v) is 9.09. The number of rotatable bonds is 7. The maximum Gasteiger partial charge on any atom is 0.315 e. The van der Waals surface area contributed by atoms with Gasteiger partial charge in [-0.3, -0.25) is 0 Å².